The van der Waals surface area contributed by atoms with Crippen LogP contribution in [0.2, 0.25) is 0 Å². The molecule has 0 bridgehead atoms. The molecule has 4 rings (SSSR count). The van der Waals surface area contributed by atoms with Crippen LogP contribution in [-0.2, 0) is 4.79 Å². The summed E-state index contributed by atoms with van der Waals surface area (Å²) in [5, 5.41) is 3.39. The van der Waals surface area contributed by atoms with Crippen LogP contribution in [0.25, 0.3) is 22.2 Å². The predicted molar refractivity (Wildman–Crippen MR) is 130 cm³/mol. The van der Waals surface area contributed by atoms with E-state index in [0.717, 1.165) is 28.4 Å². The summed E-state index contributed by atoms with van der Waals surface area (Å²) >= 11 is 0. The van der Waals surface area contributed by atoms with Crippen molar-refractivity contribution in [2.24, 2.45) is 0 Å². The fourth-order valence-electron chi connectivity index (χ4n) is 3.31. The lowest BCUT2D eigenvalue weighted by Crippen LogP contribution is -2.44. The minimum atomic E-state index is -0.921. The van der Waals surface area contributed by atoms with E-state index in [1.165, 1.54) is 0 Å². The molecule has 1 amide bonds. The molecule has 0 saturated carbocycles. The average Bonchev–Trinajstić information content (AvgIpc) is 2.87. The summed E-state index contributed by atoms with van der Waals surface area (Å²) in [6.07, 6.45) is 4.80. The average molecular weight is 447 g/mol. The molecule has 6 heteroatoms. The number of hydrogen-bond donors (Lipinski definition) is 1. The summed E-state index contributed by atoms with van der Waals surface area (Å²) in [5.41, 5.74) is 3.95. The zero-order chi connectivity index (χ0) is 24.1. The Morgan fingerprint density at radius 3 is 2.21 bits per heavy atom. The number of aldehydes is 2. The summed E-state index contributed by atoms with van der Waals surface area (Å²) in [6, 6.07) is 18.0. The van der Waals surface area contributed by atoms with Crippen LogP contribution in [0.1, 0.15) is 45.7 Å². The van der Waals surface area contributed by atoms with Crippen LogP contribution in [0.4, 0.5) is 0 Å². The summed E-state index contributed by atoms with van der Waals surface area (Å²) in [7, 11) is 0. The Morgan fingerprint density at radius 2 is 1.59 bits per heavy atom. The van der Waals surface area contributed by atoms with Gasteiger partial charge in [0, 0.05) is 45.6 Å². The Balaban J connectivity index is 1.51. The highest BCUT2D eigenvalue weighted by atomic mass is 16.2. The second kappa shape index (κ2) is 9.47. The molecular weight excluding hydrogens is 426 g/mol. The molecule has 2 aromatic heterocycles. The van der Waals surface area contributed by atoms with E-state index >= 15 is 0 Å². The van der Waals surface area contributed by atoms with E-state index in [-0.39, 0.29) is 5.91 Å². The van der Waals surface area contributed by atoms with Crippen LogP contribution in [0.3, 0.4) is 0 Å². The first kappa shape index (κ1) is 22.6. The van der Waals surface area contributed by atoms with Crippen molar-refractivity contribution in [2.45, 2.75) is 19.4 Å². The number of carbonyl (C=O) groups is 3. The van der Waals surface area contributed by atoms with E-state index in [2.05, 4.69) is 27.1 Å². The highest BCUT2D eigenvalue weighted by Gasteiger charge is 2.19. The second-order valence-electron chi connectivity index (χ2n) is 8.31. The molecule has 0 atom stereocenters. The van der Waals surface area contributed by atoms with Gasteiger partial charge in [0.25, 0.3) is 5.91 Å². The molecule has 0 aliphatic heterocycles. The van der Waals surface area contributed by atoms with Gasteiger partial charge >= 0.3 is 0 Å². The predicted octanol–water partition coefficient (Wildman–Crippen LogP) is 4.22. The van der Waals surface area contributed by atoms with Gasteiger partial charge in [-0.05, 0) is 62.4 Å². The molecule has 0 unspecified atom stereocenters. The maximum atomic E-state index is 12.2. The summed E-state index contributed by atoms with van der Waals surface area (Å²) in [6.45, 7) is 3.27. The SMILES string of the molecule is CC(C)(C=O)NC(=O)c1ccc(C#Cc2ccc(-c3cc(C=O)c4cnccc4n3)cc2)cc1. The first-order valence-electron chi connectivity index (χ1n) is 10.6. The number of nitrogens with zero attached hydrogens (tertiary/aromatic N) is 2. The van der Waals surface area contributed by atoms with Gasteiger partial charge in [-0.15, -0.1) is 0 Å². The largest absolute Gasteiger partial charge is 0.340 e. The van der Waals surface area contributed by atoms with Crippen molar-refractivity contribution >= 4 is 29.4 Å². The third-order valence-electron chi connectivity index (χ3n) is 5.18. The maximum absolute atomic E-state index is 12.2. The Bertz CT molecular complexity index is 1440. The highest BCUT2D eigenvalue weighted by Crippen LogP contribution is 2.23. The molecule has 4 aromatic rings. The number of nitrogens with one attached hydrogen (secondary N) is 1. The monoisotopic (exact) mass is 447 g/mol. The Morgan fingerprint density at radius 1 is 0.941 bits per heavy atom. The lowest BCUT2D eigenvalue weighted by atomic mass is 10.0. The molecule has 166 valence electrons. The fraction of sp³-hybridized carbons (Fsp3) is 0.107. The van der Waals surface area contributed by atoms with Gasteiger partial charge in [-0.2, -0.15) is 0 Å². The van der Waals surface area contributed by atoms with Crippen molar-refractivity contribution in [3.05, 3.63) is 95.3 Å². The van der Waals surface area contributed by atoms with Gasteiger partial charge in [0.15, 0.2) is 6.29 Å². The second-order valence-corrected chi connectivity index (χ2v) is 8.31. The normalized spacial score (nSPS) is 10.8. The molecule has 0 spiro atoms. The van der Waals surface area contributed by atoms with E-state index < -0.39 is 5.54 Å². The first-order valence-corrected chi connectivity index (χ1v) is 10.6. The number of pyridine rings is 2. The number of aromatic nitrogens is 2. The van der Waals surface area contributed by atoms with Crippen molar-refractivity contribution in [1.82, 2.24) is 15.3 Å². The number of carbonyl (C=O) groups excluding carboxylic acids is 3. The molecule has 2 aromatic carbocycles. The standard InChI is InChI=1S/C28H21N3O3/c1-28(2,18-33)31-27(34)22-11-7-20(8-12-22)4-3-19-5-9-21(10-6-19)26-15-23(17-32)24-16-29-14-13-25(24)30-26/h5-18H,1-2H3,(H,31,34). The number of rotatable bonds is 5. The van der Waals surface area contributed by atoms with Crippen LogP contribution < -0.4 is 5.32 Å². The van der Waals surface area contributed by atoms with E-state index in [0.29, 0.717) is 28.6 Å². The number of hydrogen-bond acceptors (Lipinski definition) is 5. The minimum Gasteiger partial charge on any atom is -0.340 e. The molecule has 34 heavy (non-hydrogen) atoms. The van der Waals surface area contributed by atoms with Gasteiger partial charge in [0.2, 0.25) is 0 Å². The maximum Gasteiger partial charge on any atom is 0.252 e. The highest BCUT2D eigenvalue weighted by molar-refractivity contribution is 5.98. The number of benzene rings is 2. The molecule has 2 heterocycles. The molecule has 6 nitrogen and oxygen atoms in total. The molecule has 0 radical (unpaired) electrons. The topological polar surface area (TPSA) is 89.0 Å². The van der Waals surface area contributed by atoms with Gasteiger partial charge in [0.1, 0.15) is 6.29 Å². The molecule has 0 saturated heterocycles. The van der Waals surface area contributed by atoms with Crippen LogP contribution in [-0.4, -0.2) is 34.0 Å². The Kier molecular flexibility index (Phi) is 6.28. The van der Waals surface area contributed by atoms with Crippen LogP contribution >= 0.6 is 0 Å². The zero-order valence-corrected chi connectivity index (χ0v) is 18.7. The Hall–Kier alpha value is -4.63. The van der Waals surface area contributed by atoms with E-state index in [1.807, 2.05) is 24.3 Å². The fourth-order valence-corrected chi connectivity index (χ4v) is 3.31. The van der Waals surface area contributed by atoms with E-state index in [9.17, 15) is 14.4 Å². The quantitative estimate of drug-likeness (QED) is 0.366. The Labute approximate surface area is 197 Å². The minimum absolute atomic E-state index is 0.316. The van der Waals surface area contributed by atoms with Gasteiger partial charge in [-0.1, -0.05) is 24.0 Å². The molecule has 0 aliphatic carbocycles. The summed E-state index contributed by atoms with van der Waals surface area (Å²) < 4.78 is 0. The van der Waals surface area contributed by atoms with Crippen LogP contribution in [0.15, 0.2) is 73.1 Å². The zero-order valence-electron chi connectivity index (χ0n) is 18.7. The van der Waals surface area contributed by atoms with Crippen molar-refractivity contribution in [3.63, 3.8) is 0 Å². The van der Waals surface area contributed by atoms with E-state index in [4.69, 9.17) is 0 Å². The first-order chi connectivity index (χ1) is 16.4. The lowest BCUT2D eigenvalue weighted by Gasteiger charge is -2.18. The van der Waals surface area contributed by atoms with Crippen molar-refractivity contribution in [3.8, 4) is 23.1 Å². The van der Waals surface area contributed by atoms with E-state index in [1.54, 1.807) is 62.6 Å². The van der Waals surface area contributed by atoms with Gasteiger partial charge in [-0.25, -0.2) is 4.98 Å². The van der Waals surface area contributed by atoms with Crippen molar-refractivity contribution < 1.29 is 14.4 Å². The van der Waals surface area contributed by atoms with Crippen molar-refractivity contribution in [1.29, 1.82) is 0 Å². The molecule has 0 aliphatic rings. The van der Waals surface area contributed by atoms with Gasteiger partial charge < -0.3 is 10.1 Å². The van der Waals surface area contributed by atoms with Gasteiger partial charge in [-0.3, -0.25) is 14.6 Å². The molecular formula is C28H21N3O3. The summed E-state index contributed by atoms with van der Waals surface area (Å²) in [4.78, 5) is 43.4. The number of amides is 1. The molecule has 1 N–H and O–H groups in total. The third kappa shape index (κ3) is 5.05. The van der Waals surface area contributed by atoms with Gasteiger partial charge in [0.05, 0.1) is 16.7 Å². The third-order valence-corrected chi connectivity index (χ3v) is 5.18. The number of fused-ring (bicyclic) bond motifs is 1. The van der Waals surface area contributed by atoms with Crippen LogP contribution in [0, 0.1) is 11.8 Å². The lowest BCUT2D eigenvalue weighted by molar-refractivity contribution is -0.112. The summed E-state index contributed by atoms with van der Waals surface area (Å²) in [5.74, 6) is 5.87. The molecule has 0 fully saturated rings. The smallest absolute Gasteiger partial charge is 0.252 e. The van der Waals surface area contributed by atoms with Crippen molar-refractivity contribution in [2.75, 3.05) is 0 Å². The van der Waals surface area contributed by atoms with Crippen LogP contribution in [0.5, 0.6) is 0 Å².